The molecule has 40 heavy (non-hydrogen) atoms. The summed E-state index contributed by atoms with van der Waals surface area (Å²) in [7, 11) is 0. The van der Waals surface area contributed by atoms with E-state index in [0.717, 1.165) is 33.6 Å². The Labute approximate surface area is 257 Å². The van der Waals surface area contributed by atoms with Crippen molar-refractivity contribution in [1.29, 1.82) is 0 Å². The molecule has 0 aliphatic heterocycles. The third-order valence-electron chi connectivity index (χ3n) is 7.47. The number of nitrogens with one attached hydrogen (secondary N) is 1. The maximum absolute atomic E-state index is 13.4. The topological polar surface area (TPSA) is 88.5 Å². The predicted octanol–water partition coefficient (Wildman–Crippen LogP) is 6.63. The first kappa shape index (κ1) is 32.4. The number of carbonyl (C=O) groups is 2. The number of carboxylic acids is 1. The van der Waals surface area contributed by atoms with E-state index < -0.39 is 12.0 Å². The SMILES string of the molecule is CSCCC(NC(=O)c1ccc(COC(CC2CCCCC2)c2cncs2)cc1-c1ccccc1C)C(=O)O.[LiH]. The van der Waals surface area contributed by atoms with Crippen molar-refractivity contribution in [1.82, 2.24) is 10.3 Å². The van der Waals surface area contributed by atoms with Gasteiger partial charge in [0.15, 0.2) is 0 Å². The summed E-state index contributed by atoms with van der Waals surface area (Å²) < 4.78 is 6.53. The fourth-order valence-electron chi connectivity index (χ4n) is 5.28. The molecule has 1 aromatic heterocycles. The van der Waals surface area contributed by atoms with Gasteiger partial charge in [0.2, 0.25) is 0 Å². The molecule has 210 valence electrons. The summed E-state index contributed by atoms with van der Waals surface area (Å²) in [5.41, 5.74) is 6.07. The number of carbonyl (C=O) groups excluding carboxylic acids is 1. The van der Waals surface area contributed by atoms with Crippen LogP contribution in [0.25, 0.3) is 11.1 Å². The summed E-state index contributed by atoms with van der Waals surface area (Å²) in [6.45, 7) is 2.43. The van der Waals surface area contributed by atoms with E-state index in [4.69, 9.17) is 4.74 Å². The number of thiazole rings is 1. The average Bonchev–Trinajstić information content (AvgIpc) is 3.49. The number of benzene rings is 2. The Hall–Kier alpha value is -2.08. The van der Waals surface area contributed by atoms with Crippen LogP contribution in [0.15, 0.2) is 54.2 Å². The Balaban J connectivity index is 0.00000441. The number of hydrogen-bond donors (Lipinski definition) is 2. The molecule has 2 unspecified atom stereocenters. The molecule has 1 aliphatic carbocycles. The van der Waals surface area contributed by atoms with Crippen LogP contribution in [0.1, 0.15) is 77.4 Å². The van der Waals surface area contributed by atoms with Crippen molar-refractivity contribution in [3.05, 3.63) is 75.7 Å². The van der Waals surface area contributed by atoms with E-state index in [-0.39, 0.29) is 30.9 Å². The predicted molar refractivity (Wildman–Crippen MR) is 166 cm³/mol. The zero-order chi connectivity index (χ0) is 27.6. The van der Waals surface area contributed by atoms with Crippen LogP contribution < -0.4 is 5.32 Å². The number of nitrogens with zero attached hydrogens (tertiary/aromatic N) is 1. The van der Waals surface area contributed by atoms with Crippen LogP contribution in [0, 0.1) is 12.8 Å². The van der Waals surface area contributed by atoms with Gasteiger partial charge in [-0.3, -0.25) is 9.78 Å². The van der Waals surface area contributed by atoms with Crippen LogP contribution in [-0.2, 0) is 16.1 Å². The van der Waals surface area contributed by atoms with E-state index in [0.29, 0.717) is 30.3 Å². The molecule has 0 saturated heterocycles. The van der Waals surface area contributed by atoms with Gasteiger partial charge in [-0.2, -0.15) is 11.8 Å². The Bertz CT molecular complexity index is 1230. The molecule has 1 saturated carbocycles. The summed E-state index contributed by atoms with van der Waals surface area (Å²) in [4.78, 5) is 30.6. The first-order chi connectivity index (χ1) is 19.0. The third-order valence-corrected chi connectivity index (χ3v) is 8.98. The molecule has 0 radical (unpaired) electrons. The zero-order valence-electron chi connectivity index (χ0n) is 22.7. The number of aromatic nitrogens is 1. The van der Waals surface area contributed by atoms with Gasteiger partial charge in [-0.15, -0.1) is 11.3 Å². The number of amides is 1. The van der Waals surface area contributed by atoms with E-state index in [1.807, 2.05) is 61.3 Å². The van der Waals surface area contributed by atoms with Crippen LogP contribution in [0.5, 0.6) is 0 Å². The van der Waals surface area contributed by atoms with Gasteiger partial charge >= 0.3 is 24.8 Å². The van der Waals surface area contributed by atoms with Crippen molar-refractivity contribution in [2.45, 2.75) is 70.6 Å². The monoisotopic (exact) mass is 574 g/mol. The summed E-state index contributed by atoms with van der Waals surface area (Å²) in [5.74, 6) is -0.0753. The minimum atomic E-state index is -1.02. The van der Waals surface area contributed by atoms with E-state index in [1.165, 1.54) is 32.1 Å². The van der Waals surface area contributed by atoms with Gasteiger partial charge in [-0.25, -0.2) is 4.79 Å². The van der Waals surface area contributed by atoms with Crippen molar-refractivity contribution >= 4 is 53.8 Å². The molecule has 2 aromatic carbocycles. The van der Waals surface area contributed by atoms with Crippen LogP contribution in [0.2, 0.25) is 0 Å². The molecule has 1 aliphatic rings. The molecule has 1 fully saturated rings. The van der Waals surface area contributed by atoms with Crippen molar-refractivity contribution in [2.24, 2.45) is 5.92 Å². The van der Waals surface area contributed by atoms with Crippen molar-refractivity contribution in [3.63, 3.8) is 0 Å². The summed E-state index contributed by atoms with van der Waals surface area (Å²) >= 11 is 3.20. The van der Waals surface area contributed by atoms with Crippen molar-refractivity contribution in [3.8, 4) is 11.1 Å². The fraction of sp³-hybridized carbons (Fsp3) is 0.452. The number of aliphatic carboxylic acids is 1. The maximum atomic E-state index is 13.4. The Kier molecular flexibility index (Phi) is 13.3. The molecule has 2 atom stereocenters. The van der Waals surface area contributed by atoms with E-state index >= 15 is 0 Å². The molecule has 3 aromatic rings. The Morgan fingerprint density at radius 1 is 1.15 bits per heavy atom. The van der Waals surface area contributed by atoms with Crippen LogP contribution in [0.3, 0.4) is 0 Å². The molecule has 4 rings (SSSR count). The van der Waals surface area contributed by atoms with E-state index in [9.17, 15) is 14.7 Å². The van der Waals surface area contributed by atoms with Crippen LogP contribution in [0.4, 0.5) is 0 Å². The second-order valence-electron chi connectivity index (χ2n) is 10.3. The molecule has 9 heteroatoms. The average molecular weight is 575 g/mol. The van der Waals surface area contributed by atoms with Gasteiger partial charge in [-0.1, -0.05) is 62.4 Å². The second-order valence-corrected chi connectivity index (χ2v) is 12.2. The molecule has 1 heterocycles. The van der Waals surface area contributed by atoms with Crippen LogP contribution >= 0.6 is 23.1 Å². The van der Waals surface area contributed by atoms with Gasteiger partial charge in [0.1, 0.15) is 6.04 Å². The molecule has 2 N–H and O–H groups in total. The van der Waals surface area contributed by atoms with Gasteiger partial charge in [0.05, 0.1) is 23.1 Å². The number of aryl methyl sites for hydroxylation is 1. The third kappa shape index (κ3) is 8.96. The molecule has 6 nitrogen and oxygen atoms in total. The molecule has 0 spiro atoms. The number of carboxylic acid groups (broad SMARTS) is 1. The van der Waals surface area contributed by atoms with Crippen molar-refractivity contribution in [2.75, 3.05) is 12.0 Å². The van der Waals surface area contributed by atoms with Crippen LogP contribution in [-0.4, -0.2) is 58.9 Å². The zero-order valence-corrected chi connectivity index (χ0v) is 24.4. The van der Waals surface area contributed by atoms with E-state index in [1.54, 1.807) is 29.2 Å². The Morgan fingerprint density at radius 2 is 1.93 bits per heavy atom. The first-order valence-electron chi connectivity index (χ1n) is 13.7. The molecule has 0 bridgehead atoms. The first-order valence-corrected chi connectivity index (χ1v) is 15.9. The Morgan fingerprint density at radius 3 is 2.60 bits per heavy atom. The van der Waals surface area contributed by atoms with E-state index in [2.05, 4.69) is 10.3 Å². The molecular formula is C31H39LiN2O4S2. The normalized spacial score (nSPS) is 15.2. The standard InChI is InChI=1S/C31H38N2O4S2.Li.H/c1-21-8-6-7-11-24(21)26-16-23(12-13-25(26)30(34)33-27(31(35)36)14-15-38-2)19-37-28(29-18-32-20-39-29)17-22-9-4-3-5-10-22;;/h6-8,11-13,16,18,20,22,27-28H,3-5,9-10,14-15,17,19H2,1-2H3,(H,33,34)(H,35,36);;. The fourth-order valence-corrected chi connectivity index (χ4v) is 6.43. The van der Waals surface area contributed by atoms with Gasteiger partial charge in [0, 0.05) is 11.8 Å². The van der Waals surface area contributed by atoms with Gasteiger partial charge in [-0.05, 0) is 72.1 Å². The number of thioether (sulfide) groups is 1. The quantitative estimate of drug-likeness (QED) is 0.223. The summed E-state index contributed by atoms with van der Waals surface area (Å²) in [5, 5.41) is 12.4. The summed E-state index contributed by atoms with van der Waals surface area (Å²) in [6, 6.07) is 12.7. The van der Waals surface area contributed by atoms with Crippen molar-refractivity contribution < 1.29 is 19.4 Å². The number of rotatable bonds is 13. The number of hydrogen-bond acceptors (Lipinski definition) is 6. The molecule has 1 amide bonds. The van der Waals surface area contributed by atoms with Gasteiger partial charge < -0.3 is 15.2 Å². The molecular weight excluding hydrogens is 535 g/mol. The number of ether oxygens (including phenoxy) is 1. The minimum absolute atomic E-state index is 0. The van der Waals surface area contributed by atoms with Gasteiger partial charge in [0.25, 0.3) is 5.91 Å². The second kappa shape index (κ2) is 16.4. The summed E-state index contributed by atoms with van der Waals surface area (Å²) in [6.07, 6.45) is 11.6.